The van der Waals surface area contributed by atoms with Crippen LogP contribution in [0.5, 0.6) is 11.5 Å². The van der Waals surface area contributed by atoms with Crippen LogP contribution in [0.1, 0.15) is 38.3 Å². The van der Waals surface area contributed by atoms with Crippen molar-refractivity contribution in [1.82, 2.24) is 5.32 Å². The van der Waals surface area contributed by atoms with Gasteiger partial charge in [0.1, 0.15) is 6.10 Å². The van der Waals surface area contributed by atoms with E-state index in [0.717, 1.165) is 18.4 Å². The van der Waals surface area contributed by atoms with Crippen molar-refractivity contribution >= 4 is 5.91 Å². The van der Waals surface area contributed by atoms with Crippen LogP contribution in [0.2, 0.25) is 0 Å². The first kappa shape index (κ1) is 15.6. The molecule has 2 atom stereocenters. The third-order valence-electron chi connectivity index (χ3n) is 3.57. The van der Waals surface area contributed by atoms with E-state index in [1.807, 2.05) is 32.0 Å². The van der Waals surface area contributed by atoms with Crippen LogP contribution < -0.4 is 14.8 Å². The highest BCUT2D eigenvalue weighted by atomic mass is 16.5. The Labute approximate surface area is 125 Å². The van der Waals surface area contributed by atoms with Crippen LogP contribution >= 0.6 is 0 Å². The lowest BCUT2D eigenvalue weighted by molar-refractivity contribution is -0.130. The third kappa shape index (κ3) is 3.88. The number of hydrogen-bond donors (Lipinski definition) is 1. The van der Waals surface area contributed by atoms with Gasteiger partial charge in [0, 0.05) is 6.61 Å². The van der Waals surface area contributed by atoms with E-state index < -0.39 is 0 Å². The van der Waals surface area contributed by atoms with Gasteiger partial charge in [0.15, 0.2) is 11.5 Å². The van der Waals surface area contributed by atoms with Crippen molar-refractivity contribution in [1.29, 1.82) is 0 Å². The standard InChI is InChI=1S/C16H23NO4/c1-4-20-13-8-7-12(10-15(13)19-3)11(2)17-16(18)14-6-5-9-21-14/h7-8,10-11,14H,4-6,9H2,1-3H3,(H,17,18)/t11-,14+/m1/s1. The second-order valence-corrected chi connectivity index (χ2v) is 5.08. The normalized spacial score (nSPS) is 19.1. The predicted octanol–water partition coefficient (Wildman–Crippen LogP) is 2.45. The maximum absolute atomic E-state index is 12.1. The van der Waals surface area contributed by atoms with Crippen molar-refractivity contribution in [2.75, 3.05) is 20.3 Å². The molecule has 1 aromatic carbocycles. The van der Waals surface area contributed by atoms with Gasteiger partial charge < -0.3 is 19.5 Å². The van der Waals surface area contributed by atoms with Gasteiger partial charge in [0.2, 0.25) is 5.91 Å². The molecule has 0 aliphatic carbocycles. The van der Waals surface area contributed by atoms with Crippen molar-refractivity contribution in [3.05, 3.63) is 23.8 Å². The number of ether oxygens (including phenoxy) is 3. The van der Waals surface area contributed by atoms with E-state index in [-0.39, 0.29) is 18.1 Å². The van der Waals surface area contributed by atoms with Crippen molar-refractivity contribution in [2.24, 2.45) is 0 Å². The van der Waals surface area contributed by atoms with Gasteiger partial charge in [-0.15, -0.1) is 0 Å². The molecule has 0 radical (unpaired) electrons. The smallest absolute Gasteiger partial charge is 0.249 e. The SMILES string of the molecule is CCOc1ccc([C@@H](C)NC(=O)[C@@H]2CCCO2)cc1OC. The van der Waals surface area contributed by atoms with E-state index in [1.54, 1.807) is 7.11 Å². The molecule has 5 nitrogen and oxygen atoms in total. The second-order valence-electron chi connectivity index (χ2n) is 5.08. The van der Waals surface area contributed by atoms with Gasteiger partial charge in [0.25, 0.3) is 0 Å². The summed E-state index contributed by atoms with van der Waals surface area (Å²) in [5.74, 6) is 1.34. The third-order valence-corrected chi connectivity index (χ3v) is 3.57. The summed E-state index contributed by atoms with van der Waals surface area (Å²) < 4.78 is 16.2. The van der Waals surface area contributed by atoms with E-state index in [2.05, 4.69) is 5.32 Å². The van der Waals surface area contributed by atoms with Crippen LogP contribution in [-0.4, -0.2) is 32.3 Å². The van der Waals surface area contributed by atoms with Gasteiger partial charge in [-0.05, 0) is 44.4 Å². The average molecular weight is 293 g/mol. The molecule has 116 valence electrons. The van der Waals surface area contributed by atoms with Crippen molar-refractivity contribution in [3.63, 3.8) is 0 Å². The van der Waals surface area contributed by atoms with Crippen molar-refractivity contribution < 1.29 is 19.0 Å². The Morgan fingerprint density at radius 1 is 1.48 bits per heavy atom. The molecule has 0 unspecified atom stereocenters. The van der Waals surface area contributed by atoms with Gasteiger partial charge in [-0.3, -0.25) is 4.79 Å². The fourth-order valence-electron chi connectivity index (χ4n) is 2.40. The Kier molecular flexibility index (Phi) is 5.44. The first-order valence-corrected chi connectivity index (χ1v) is 7.38. The van der Waals surface area contributed by atoms with Crippen LogP contribution in [0.3, 0.4) is 0 Å². The summed E-state index contributed by atoms with van der Waals surface area (Å²) in [5, 5.41) is 2.98. The van der Waals surface area contributed by atoms with Crippen LogP contribution in [0.15, 0.2) is 18.2 Å². The van der Waals surface area contributed by atoms with Gasteiger partial charge in [-0.1, -0.05) is 6.07 Å². The first-order chi connectivity index (χ1) is 10.2. The van der Waals surface area contributed by atoms with Crippen LogP contribution in [-0.2, 0) is 9.53 Å². The lowest BCUT2D eigenvalue weighted by Gasteiger charge is -2.18. The molecule has 1 aliphatic rings. The highest BCUT2D eigenvalue weighted by Crippen LogP contribution is 2.30. The number of nitrogens with one attached hydrogen (secondary N) is 1. The minimum absolute atomic E-state index is 0.0483. The fraction of sp³-hybridized carbons (Fsp3) is 0.562. The maximum Gasteiger partial charge on any atom is 0.249 e. The quantitative estimate of drug-likeness (QED) is 0.875. The van der Waals surface area contributed by atoms with Crippen LogP contribution in [0.25, 0.3) is 0 Å². The Hall–Kier alpha value is -1.75. The van der Waals surface area contributed by atoms with Gasteiger partial charge in [-0.2, -0.15) is 0 Å². The summed E-state index contributed by atoms with van der Waals surface area (Å²) >= 11 is 0. The van der Waals surface area contributed by atoms with E-state index in [0.29, 0.717) is 24.7 Å². The summed E-state index contributed by atoms with van der Waals surface area (Å²) in [6.07, 6.45) is 1.44. The van der Waals surface area contributed by atoms with E-state index in [9.17, 15) is 4.79 Å². The average Bonchev–Trinajstić information content (AvgIpc) is 3.02. The summed E-state index contributed by atoms with van der Waals surface area (Å²) in [6, 6.07) is 5.59. The first-order valence-electron chi connectivity index (χ1n) is 7.38. The van der Waals surface area contributed by atoms with E-state index in [4.69, 9.17) is 14.2 Å². The zero-order valence-electron chi connectivity index (χ0n) is 12.8. The Balaban J connectivity index is 2.04. The molecule has 5 heteroatoms. The van der Waals surface area contributed by atoms with Crippen molar-refractivity contribution in [3.8, 4) is 11.5 Å². The lowest BCUT2D eigenvalue weighted by Crippen LogP contribution is -2.35. The summed E-state index contributed by atoms with van der Waals surface area (Å²) in [7, 11) is 1.61. The molecular weight excluding hydrogens is 270 g/mol. The highest BCUT2D eigenvalue weighted by molar-refractivity contribution is 5.81. The molecule has 0 spiro atoms. The molecule has 0 aromatic heterocycles. The summed E-state index contributed by atoms with van der Waals surface area (Å²) in [5.41, 5.74) is 0.974. The van der Waals surface area contributed by atoms with Crippen LogP contribution in [0.4, 0.5) is 0 Å². The minimum Gasteiger partial charge on any atom is -0.493 e. The number of hydrogen-bond acceptors (Lipinski definition) is 4. The van der Waals surface area contributed by atoms with E-state index in [1.165, 1.54) is 0 Å². The minimum atomic E-state index is -0.308. The number of carbonyl (C=O) groups is 1. The van der Waals surface area contributed by atoms with Gasteiger partial charge in [0.05, 0.1) is 19.8 Å². The Bertz CT molecular complexity index is 483. The number of amides is 1. The number of rotatable bonds is 6. The molecule has 1 saturated heterocycles. The molecule has 21 heavy (non-hydrogen) atoms. The molecule has 1 aliphatic heterocycles. The van der Waals surface area contributed by atoms with Gasteiger partial charge in [-0.25, -0.2) is 0 Å². The van der Waals surface area contributed by atoms with Crippen LogP contribution in [0, 0.1) is 0 Å². The molecule has 1 heterocycles. The number of methoxy groups -OCH3 is 1. The largest absolute Gasteiger partial charge is 0.493 e. The molecule has 1 fully saturated rings. The zero-order valence-corrected chi connectivity index (χ0v) is 12.8. The van der Waals surface area contributed by atoms with Crippen molar-refractivity contribution in [2.45, 2.75) is 38.8 Å². The molecule has 0 bridgehead atoms. The topological polar surface area (TPSA) is 56.8 Å². The molecule has 1 aromatic rings. The maximum atomic E-state index is 12.1. The number of benzene rings is 1. The van der Waals surface area contributed by atoms with E-state index >= 15 is 0 Å². The Morgan fingerprint density at radius 2 is 2.29 bits per heavy atom. The molecule has 1 N–H and O–H groups in total. The molecule has 0 saturated carbocycles. The second kappa shape index (κ2) is 7.31. The summed E-state index contributed by atoms with van der Waals surface area (Å²) in [6.45, 7) is 5.13. The fourth-order valence-corrected chi connectivity index (χ4v) is 2.40. The van der Waals surface area contributed by atoms with Gasteiger partial charge >= 0.3 is 0 Å². The molecular formula is C16H23NO4. The Morgan fingerprint density at radius 3 is 2.90 bits per heavy atom. The summed E-state index contributed by atoms with van der Waals surface area (Å²) in [4.78, 5) is 12.1. The highest BCUT2D eigenvalue weighted by Gasteiger charge is 2.25. The predicted molar refractivity (Wildman–Crippen MR) is 79.7 cm³/mol. The molecule has 2 rings (SSSR count). The zero-order chi connectivity index (χ0) is 15.2. The monoisotopic (exact) mass is 293 g/mol. The lowest BCUT2D eigenvalue weighted by atomic mass is 10.1. The molecule has 1 amide bonds. The number of carbonyl (C=O) groups excluding carboxylic acids is 1.